The third kappa shape index (κ3) is 5.35. The first kappa shape index (κ1) is 21.6. The van der Waals surface area contributed by atoms with Gasteiger partial charge in [-0.3, -0.25) is 14.7 Å². The van der Waals surface area contributed by atoms with Crippen molar-refractivity contribution >= 4 is 17.5 Å². The summed E-state index contributed by atoms with van der Waals surface area (Å²) in [7, 11) is 1.88. The number of benzene rings is 1. The van der Waals surface area contributed by atoms with E-state index in [9.17, 15) is 4.79 Å². The monoisotopic (exact) mass is 437 g/mol. The van der Waals surface area contributed by atoms with Crippen LogP contribution in [0.25, 0.3) is 0 Å². The van der Waals surface area contributed by atoms with Crippen LogP contribution in [-0.4, -0.2) is 46.9 Å². The summed E-state index contributed by atoms with van der Waals surface area (Å²) in [6.07, 6.45) is 6.17. The maximum absolute atomic E-state index is 13.1. The van der Waals surface area contributed by atoms with Gasteiger partial charge in [0, 0.05) is 30.9 Å². The van der Waals surface area contributed by atoms with Gasteiger partial charge >= 0.3 is 0 Å². The fourth-order valence-corrected chi connectivity index (χ4v) is 4.66. The molecule has 2 aromatic heterocycles. The van der Waals surface area contributed by atoms with E-state index in [1.807, 2.05) is 48.5 Å². The number of carbonyl (C=O) groups is 1. The molecule has 6 heteroatoms. The Balaban J connectivity index is 1.48. The van der Waals surface area contributed by atoms with Gasteiger partial charge in [-0.05, 0) is 74.2 Å². The van der Waals surface area contributed by atoms with Crippen molar-refractivity contribution in [1.29, 1.82) is 0 Å². The van der Waals surface area contributed by atoms with E-state index < -0.39 is 0 Å². The van der Waals surface area contributed by atoms with Crippen molar-refractivity contribution in [3.8, 4) is 0 Å². The molecule has 3 heterocycles. The van der Waals surface area contributed by atoms with E-state index in [0.717, 1.165) is 55.2 Å². The van der Waals surface area contributed by atoms with E-state index in [1.54, 1.807) is 18.4 Å². The Kier molecular flexibility index (Phi) is 7.05. The van der Waals surface area contributed by atoms with Crippen LogP contribution in [0.1, 0.15) is 34.7 Å². The van der Waals surface area contributed by atoms with E-state index in [0.29, 0.717) is 11.7 Å². The molecule has 1 aromatic carbocycles. The largest absolute Gasteiger partial charge is 0.459 e. The molecular formula is C25H28ClN3O2. The van der Waals surface area contributed by atoms with Crippen LogP contribution in [0.3, 0.4) is 0 Å². The van der Waals surface area contributed by atoms with Crippen LogP contribution in [0.15, 0.2) is 71.5 Å². The second-order valence-corrected chi connectivity index (χ2v) is 8.60. The molecule has 31 heavy (non-hydrogen) atoms. The van der Waals surface area contributed by atoms with E-state index >= 15 is 0 Å². The number of halogens is 1. The number of furan rings is 1. The van der Waals surface area contributed by atoms with E-state index in [1.165, 1.54) is 0 Å². The number of aromatic nitrogens is 1. The van der Waals surface area contributed by atoms with E-state index in [2.05, 4.69) is 22.0 Å². The third-order valence-electron chi connectivity index (χ3n) is 6.22. The summed E-state index contributed by atoms with van der Waals surface area (Å²) in [5.41, 5.74) is 2.17. The summed E-state index contributed by atoms with van der Waals surface area (Å²) in [6, 6.07) is 17.5. The molecule has 1 fully saturated rings. The lowest BCUT2D eigenvalue weighted by atomic mass is 9.84. The summed E-state index contributed by atoms with van der Waals surface area (Å²) in [5, 5.41) is 0.749. The third-order valence-corrected chi connectivity index (χ3v) is 6.59. The van der Waals surface area contributed by atoms with Gasteiger partial charge in [0.2, 0.25) is 0 Å². The topological polar surface area (TPSA) is 49.6 Å². The van der Waals surface area contributed by atoms with Gasteiger partial charge in [0.15, 0.2) is 5.76 Å². The minimum Gasteiger partial charge on any atom is -0.459 e. The summed E-state index contributed by atoms with van der Waals surface area (Å²) < 4.78 is 5.38. The van der Waals surface area contributed by atoms with Gasteiger partial charge in [0.1, 0.15) is 0 Å². The average Bonchev–Trinajstić information content (AvgIpc) is 3.34. The summed E-state index contributed by atoms with van der Waals surface area (Å²) in [6.45, 7) is 2.84. The van der Waals surface area contributed by atoms with Gasteiger partial charge in [-0.2, -0.15) is 0 Å². The smallest absolute Gasteiger partial charge is 0.289 e. The molecule has 0 spiro atoms. The molecule has 1 saturated heterocycles. The minimum atomic E-state index is -0.0852. The Hall–Kier alpha value is -2.63. The lowest BCUT2D eigenvalue weighted by Crippen LogP contribution is -2.47. The number of carbonyl (C=O) groups excluding carboxylic acids is 1. The number of likely N-dealkylation sites (N-methyl/N-ethyl adjacent to an activating group) is 1. The Morgan fingerprint density at radius 3 is 2.61 bits per heavy atom. The molecule has 0 saturated carbocycles. The second kappa shape index (κ2) is 10.1. The number of hydrogen-bond donors (Lipinski definition) is 0. The van der Waals surface area contributed by atoms with Gasteiger partial charge in [-0.25, -0.2) is 0 Å². The van der Waals surface area contributed by atoms with Crippen LogP contribution in [0.2, 0.25) is 5.02 Å². The predicted molar refractivity (Wildman–Crippen MR) is 122 cm³/mol. The number of rotatable bonds is 7. The number of nitrogens with zero attached hydrogens (tertiary/aromatic N) is 3. The van der Waals surface area contributed by atoms with Gasteiger partial charge in [-0.15, -0.1) is 0 Å². The molecular weight excluding hydrogens is 410 g/mol. The second-order valence-electron chi connectivity index (χ2n) is 8.19. The highest BCUT2D eigenvalue weighted by Crippen LogP contribution is 2.29. The lowest BCUT2D eigenvalue weighted by Gasteiger charge is -2.40. The van der Waals surface area contributed by atoms with Gasteiger partial charge in [0.25, 0.3) is 5.91 Å². The number of pyridine rings is 1. The van der Waals surface area contributed by atoms with Crippen LogP contribution in [-0.2, 0) is 13.0 Å². The van der Waals surface area contributed by atoms with Crippen molar-refractivity contribution in [3.63, 3.8) is 0 Å². The molecule has 3 aromatic rings. The summed E-state index contributed by atoms with van der Waals surface area (Å²) in [5.74, 6) is 0.678. The zero-order valence-corrected chi connectivity index (χ0v) is 18.5. The van der Waals surface area contributed by atoms with E-state index in [4.69, 9.17) is 16.0 Å². The van der Waals surface area contributed by atoms with Crippen molar-refractivity contribution in [2.24, 2.45) is 5.92 Å². The molecule has 0 unspecified atom stereocenters. The molecule has 1 aliphatic heterocycles. The Bertz CT molecular complexity index is 969. The van der Waals surface area contributed by atoms with Crippen molar-refractivity contribution in [2.75, 3.05) is 20.1 Å². The normalized spacial score (nSPS) is 16.2. The molecule has 4 rings (SSSR count). The quantitative estimate of drug-likeness (QED) is 0.526. The lowest BCUT2D eigenvalue weighted by molar-refractivity contribution is 0.0555. The fourth-order valence-electron chi connectivity index (χ4n) is 4.45. The standard InChI is InChI=1S/C25H28ClN3O2/c1-28(25(30)24-10-6-16-31-24)23(17-20-7-2-3-9-22(20)26)19-11-14-29(15-12-19)18-21-8-4-5-13-27-21/h2-10,13,16,19,23H,11-12,14-15,17-18H2,1H3/t23-/m0/s1. The number of amides is 1. The first-order chi connectivity index (χ1) is 15.1. The van der Waals surface area contributed by atoms with Crippen LogP contribution >= 0.6 is 11.6 Å². The molecule has 1 amide bonds. The fraction of sp³-hybridized carbons (Fsp3) is 0.360. The van der Waals surface area contributed by atoms with Crippen LogP contribution in [0.4, 0.5) is 0 Å². The highest BCUT2D eigenvalue weighted by molar-refractivity contribution is 6.31. The summed E-state index contributed by atoms with van der Waals surface area (Å²) in [4.78, 5) is 21.8. The molecule has 0 N–H and O–H groups in total. The van der Waals surface area contributed by atoms with E-state index in [-0.39, 0.29) is 11.9 Å². The first-order valence-electron chi connectivity index (χ1n) is 10.8. The Morgan fingerprint density at radius 1 is 1.16 bits per heavy atom. The minimum absolute atomic E-state index is 0.0505. The average molecular weight is 438 g/mol. The van der Waals surface area contributed by atoms with Crippen molar-refractivity contribution in [3.05, 3.63) is 89.1 Å². The molecule has 1 aliphatic rings. The number of hydrogen-bond acceptors (Lipinski definition) is 4. The van der Waals surface area contributed by atoms with Gasteiger partial charge in [-0.1, -0.05) is 35.9 Å². The molecule has 0 radical (unpaired) electrons. The zero-order valence-electron chi connectivity index (χ0n) is 17.8. The predicted octanol–water partition coefficient (Wildman–Crippen LogP) is 4.92. The Morgan fingerprint density at radius 2 is 1.94 bits per heavy atom. The number of likely N-dealkylation sites (tertiary alicyclic amines) is 1. The maximum atomic E-state index is 13.1. The zero-order chi connectivity index (χ0) is 21.6. The summed E-state index contributed by atoms with van der Waals surface area (Å²) >= 11 is 6.47. The van der Waals surface area contributed by atoms with Gasteiger partial charge in [0.05, 0.1) is 12.0 Å². The van der Waals surface area contributed by atoms with Crippen molar-refractivity contribution < 1.29 is 9.21 Å². The highest BCUT2D eigenvalue weighted by Gasteiger charge is 2.33. The van der Waals surface area contributed by atoms with Gasteiger partial charge < -0.3 is 9.32 Å². The van der Waals surface area contributed by atoms with Crippen molar-refractivity contribution in [1.82, 2.24) is 14.8 Å². The molecule has 5 nitrogen and oxygen atoms in total. The molecule has 0 bridgehead atoms. The molecule has 1 atom stereocenters. The van der Waals surface area contributed by atoms with Crippen LogP contribution in [0, 0.1) is 5.92 Å². The van der Waals surface area contributed by atoms with Crippen LogP contribution < -0.4 is 0 Å². The SMILES string of the molecule is CN(C(=O)c1ccco1)[C@@H](Cc1ccccc1Cl)C1CCN(Cc2ccccn2)CC1. The highest BCUT2D eigenvalue weighted by atomic mass is 35.5. The number of piperidine rings is 1. The molecule has 162 valence electrons. The first-order valence-corrected chi connectivity index (χ1v) is 11.2. The van der Waals surface area contributed by atoms with Crippen molar-refractivity contribution in [2.45, 2.75) is 31.8 Å². The maximum Gasteiger partial charge on any atom is 0.289 e. The van der Waals surface area contributed by atoms with Crippen LogP contribution in [0.5, 0.6) is 0 Å². The Labute approximate surface area is 188 Å². The molecule has 0 aliphatic carbocycles.